The van der Waals surface area contributed by atoms with Crippen LogP contribution < -0.4 is 5.73 Å². The average Bonchev–Trinajstić information content (AvgIpc) is 2.28. The van der Waals surface area contributed by atoms with Crippen LogP contribution in [-0.2, 0) is 9.53 Å². The summed E-state index contributed by atoms with van der Waals surface area (Å²) < 4.78 is 5.00. The molecule has 0 aromatic rings. The number of ether oxygens (including phenoxy) is 1. The number of likely N-dealkylation sites (N-methyl/N-ethyl adjacent to an activating group) is 1. The zero-order valence-corrected chi connectivity index (χ0v) is 12.1. The minimum atomic E-state index is -0.876. The van der Waals surface area contributed by atoms with Crippen molar-refractivity contribution >= 4 is 5.97 Å². The lowest BCUT2D eigenvalue weighted by Gasteiger charge is -2.39. The average molecular weight is 257 g/mol. The van der Waals surface area contributed by atoms with Crippen LogP contribution in [0.5, 0.6) is 0 Å². The second-order valence-electron chi connectivity index (χ2n) is 5.54. The maximum absolute atomic E-state index is 11.7. The molecule has 1 aliphatic heterocycles. The number of hydrogen-bond donors (Lipinski definition) is 1. The van der Waals surface area contributed by atoms with Crippen molar-refractivity contribution in [2.45, 2.75) is 38.8 Å². The third kappa shape index (κ3) is 4.23. The molecule has 0 radical (unpaired) electrons. The molecule has 5 nitrogen and oxygen atoms in total. The largest absolute Gasteiger partial charge is 0.465 e. The van der Waals surface area contributed by atoms with Gasteiger partial charge in [-0.2, -0.15) is 0 Å². The lowest BCUT2D eigenvalue weighted by molar-refractivity contribution is -0.149. The first-order chi connectivity index (χ1) is 8.36. The Morgan fingerprint density at radius 1 is 1.50 bits per heavy atom. The SMILES string of the molecule is CCOC(=O)C(C)(N)CCN1CCN(C)CC1C. The zero-order valence-electron chi connectivity index (χ0n) is 12.1. The highest BCUT2D eigenvalue weighted by molar-refractivity contribution is 5.79. The number of nitrogens with zero attached hydrogens (tertiary/aromatic N) is 2. The van der Waals surface area contributed by atoms with Crippen molar-refractivity contribution in [2.24, 2.45) is 5.73 Å². The minimum absolute atomic E-state index is 0.299. The summed E-state index contributed by atoms with van der Waals surface area (Å²) >= 11 is 0. The van der Waals surface area contributed by atoms with E-state index in [1.807, 2.05) is 0 Å². The van der Waals surface area contributed by atoms with E-state index >= 15 is 0 Å². The Balaban J connectivity index is 2.42. The maximum atomic E-state index is 11.7. The molecule has 18 heavy (non-hydrogen) atoms. The molecule has 0 bridgehead atoms. The fourth-order valence-corrected chi connectivity index (χ4v) is 2.28. The van der Waals surface area contributed by atoms with Gasteiger partial charge in [-0.15, -0.1) is 0 Å². The first kappa shape index (κ1) is 15.4. The van der Waals surface area contributed by atoms with E-state index in [1.54, 1.807) is 13.8 Å². The first-order valence-electron chi connectivity index (χ1n) is 6.75. The van der Waals surface area contributed by atoms with E-state index in [0.717, 1.165) is 26.2 Å². The Hall–Kier alpha value is -0.650. The van der Waals surface area contributed by atoms with Gasteiger partial charge in [-0.25, -0.2) is 0 Å². The number of rotatable bonds is 5. The third-order valence-corrected chi connectivity index (χ3v) is 3.63. The first-order valence-corrected chi connectivity index (χ1v) is 6.75. The van der Waals surface area contributed by atoms with Crippen molar-refractivity contribution in [3.63, 3.8) is 0 Å². The molecule has 2 atom stereocenters. The van der Waals surface area contributed by atoms with Crippen LogP contribution >= 0.6 is 0 Å². The second kappa shape index (κ2) is 6.50. The number of esters is 1. The Morgan fingerprint density at radius 2 is 2.17 bits per heavy atom. The van der Waals surface area contributed by atoms with E-state index in [0.29, 0.717) is 19.1 Å². The van der Waals surface area contributed by atoms with Crippen LogP contribution in [0.2, 0.25) is 0 Å². The van der Waals surface area contributed by atoms with Gasteiger partial charge in [0.25, 0.3) is 0 Å². The van der Waals surface area contributed by atoms with Crippen LogP contribution in [0.25, 0.3) is 0 Å². The molecule has 0 amide bonds. The Morgan fingerprint density at radius 3 is 2.72 bits per heavy atom. The molecule has 1 fully saturated rings. The topological polar surface area (TPSA) is 58.8 Å². The lowest BCUT2D eigenvalue weighted by atomic mass is 9.98. The lowest BCUT2D eigenvalue weighted by Crippen LogP contribution is -2.54. The zero-order chi connectivity index (χ0) is 13.8. The monoisotopic (exact) mass is 257 g/mol. The van der Waals surface area contributed by atoms with Crippen LogP contribution in [0.1, 0.15) is 27.2 Å². The van der Waals surface area contributed by atoms with Gasteiger partial charge in [0.2, 0.25) is 0 Å². The summed E-state index contributed by atoms with van der Waals surface area (Å²) in [6, 6.07) is 0.516. The Bertz CT molecular complexity index is 281. The van der Waals surface area contributed by atoms with E-state index in [9.17, 15) is 4.79 Å². The highest BCUT2D eigenvalue weighted by Crippen LogP contribution is 2.14. The Labute approximate surface area is 110 Å². The van der Waals surface area contributed by atoms with Crippen LogP contribution in [-0.4, -0.2) is 67.2 Å². The van der Waals surface area contributed by atoms with Crippen molar-refractivity contribution in [3.8, 4) is 0 Å². The smallest absolute Gasteiger partial charge is 0.325 e. The number of carbonyl (C=O) groups excluding carboxylic acids is 1. The highest BCUT2D eigenvalue weighted by atomic mass is 16.5. The standard InChI is InChI=1S/C13H27N3O2/c1-5-18-12(17)13(3,14)6-7-16-9-8-15(4)10-11(16)2/h11H,5-10,14H2,1-4H3. The van der Waals surface area contributed by atoms with Crippen molar-refractivity contribution in [1.82, 2.24) is 9.80 Å². The molecule has 2 unspecified atom stereocenters. The van der Waals surface area contributed by atoms with Gasteiger partial charge in [0.05, 0.1) is 6.61 Å². The predicted octanol–water partition coefficient (Wildman–Crippen LogP) is 0.293. The van der Waals surface area contributed by atoms with E-state index in [4.69, 9.17) is 10.5 Å². The van der Waals surface area contributed by atoms with E-state index < -0.39 is 5.54 Å². The molecule has 0 saturated carbocycles. The quantitative estimate of drug-likeness (QED) is 0.718. The molecule has 1 saturated heterocycles. The molecule has 0 aromatic carbocycles. The summed E-state index contributed by atoms with van der Waals surface area (Å²) in [6.07, 6.45) is 0.639. The molecular formula is C13H27N3O2. The van der Waals surface area contributed by atoms with Gasteiger partial charge in [-0.1, -0.05) is 0 Å². The molecule has 1 rings (SSSR count). The molecule has 0 aliphatic carbocycles. The molecule has 0 spiro atoms. The summed E-state index contributed by atoms with van der Waals surface area (Å²) in [7, 11) is 2.14. The van der Waals surface area contributed by atoms with Crippen molar-refractivity contribution < 1.29 is 9.53 Å². The fraction of sp³-hybridized carbons (Fsp3) is 0.923. The van der Waals surface area contributed by atoms with Crippen molar-refractivity contribution in [2.75, 3.05) is 39.8 Å². The minimum Gasteiger partial charge on any atom is -0.465 e. The highest BCUT2D eigenvalue weighted by Gasteiger charge is 2.31. The number of nitrogens with two attached hydrogens (primary N) is 1. The summed E-state index contributed by atoms with van der Waals surface area (Å²) in [4.78, 5) is 16.4. The molecule has 5 heteroatoms. The van der Waals surface area contributed by atoms with Crippen molar-refractivity contribution in [1.29, 1.82) is 0 Å². The predicted molar refractivity (Wildman–Crippen MR) is 72.4 cm³/mol. The van der Waals surface area contributed by atoms with Crippen molar-refractivity contribution in [3.05, 3.63) is 0 Å². The summed E-state index contributed by atoms with van der Waals surface area (Å²) in [5.41, 5.74) is 5.15. The van der Waals surface area contributed by atoms with Crippen LogP contribution in [0.4, 0.5) is 0 Å². The van der Waals surface area contributed by atoms with Gasteiger partial charge in [-0.3, -0.25) is 9.69 Å². The van der Waals surface area contributed by atoms with Gasteiger partial charge in [0, 0.05) is 32.2 Å². The van der Waals surface area contributed by atoms with Crippen LogP contribution in [0, 0.1) is 0 Å². The van der Waals surface area contributed by atoms with E-state index in [-0.39, 0.29) is 5.97 Å². The summed E-state index contributed by atoms with van der Waals surface area (Å²) in [5.74, 6) is -0.299. The molecular weight excluding hydrogens is 230 g/mol. The van der Waals surface area contributed by atoms with E-state index in [1.165, 1.54) is 0 Å². The molecule has 1 heterocycles. The van der Waals surface area contributed by atoms with Gasteiger partial charge in [0.1, 0.15) is 5.54 Å². The molecule has 2 N–H and O–H groups in total. The van der Waals surface area contributed by atoms with Gasteiger partial charge >= 0.3 is 5.97 Å². The molecule has 0 aromatic heterocycles. The number of carbonyl (C=O) groups is 1. The number of hydrogen-bond acceptors (Lipinski definition) is 5. The van der Waals surface area contributed by atoms with Crippen LogP contribution in [0.15, 0.2) is 0 Å². The second-order valence-corrected chi connectivity index (χ2v) is 5.54. The summed E-state index contributed by atoms with van der Waals surface area (Å²) in [5, 5.41) is 0. The van der Waals surface area contributed by atoms with Crippen LogP contribution in [0.3, 0.4) is 0 Å². The maximum Gasteiger partial charge on any atom is 0.325 e. The summed E-state index contributed by atoms with van der Waals surface area (Å²) in [6.45, 7) is 10.2. The van der Waals surface area contributed by atoms with Gasteiger partial charge < -0.3 is 15.4 Å². The number of piperazine rings is 1. The fourth-order valence-electron chi connectivity index (χ4n) is 2.28. The Kier molecular flexibility index (Phi) is 5.56. The van der Waals surface area contributed by atoms with E-state index in [2.05, 4.69) is 23.8 Å². The van der Waals surface area contributed by atoms with Gasteiger partial charge in [0.15, 0.2) is 0 Å². The van der Waals surface area contributed by atoms with Gasteiger partial charge in [-0.05, 0) is 34.2 Å². The third-order valence-electron chi connectivity index (χ3n) is 3.63. The molecule has 106 valence electrons. The normalized spacial score (nSPS) is 25.7. The molecule has 1 aliphatic rings.